The van der Waals surface area contributed by atoms with Crippen LogP contribution in [-0.2, 0) is 17.9 Å². The number of aryl methyl sites for hydroxylation is 2. The van der Waals surface area contributed by atoms with Crippen LogP contribution >= 0.6 is 11.8 Å². The number of nitrogens with one attached hydrogen (secondary N) is 1. The molecule has 5 rings (SSSR count). The maximum atomic E-state index is 13.3. The molecule has 1 aromatic carbocycles. The molecule has 0 saturated carbocycles. The SMILES string of the molecule is CCN1CCN(Cc2ccc3c(c2)nc(NC(=O)C2CC=C(c4cnc(C)o4)S2)n3CCC(C)(C)O)CC1. The molecule has 204 valence electrons. The Morgan fingerprint density at radius 3 is 2.68 bits per heavy atom. The van der Waals surface area contributed by atoms with Crippen LogP contribution in [0.4, 0.5) is 5.95 Å². The molecule has 38 heavy (non-hydrogen) atoms. The van der Waals surface area contributed by atoms with E-state index in [4.69, 9.17) is 9.40 Å². The number of amides is 1. The van der Waals surface area contributed by atoms with Crippen molar-refractivity contribution in [1.82, 2.24) is 24.3 Å². The molecule has 1 unspecified atom stereocenters. The van der Waals surface area contributed by atoms with E-state index >= 15 is 0 Å². The summed E-state index contributed by atoms with van der Waals surface area (Å²) >= 11 is 1.49. The van der Waals surface area contributed by atoms with Crippen molar-refractivity contribution in [1.29, 1.82) is 0 Å². The minimum absolute atomic E-state index is 0.0914. The number of fused-ring (bicyclic) bond motifs is 1. The first-order chi connectivity index (χ1) is 18.2. The molecular weight excluding hydrogens is 500 g/mol. The lowest BCUT2D eigenvalue weighted by atomic mass is 10.1. The van der Waals surface area contributed by atoms with Crippen molar-refractivity contribution < 1.29 is 14.3 Å². The molecule has 2 aliphatic heterocycles. The summed E-state index contributed by atoms with van der Waals surface area (Å²) in [5, 5.41) is 13.2. The number of benzene rings is 1. The Morgan fingerprint density at radius 2 is 2.00 bits per heavy atom. The molecule has 0 spiro atoms. The third-order valence-electron chi connectivity index (χ3n) is 7.26. The summed E-state index contributed by atoms with van der Waals surface area (Å²) < 4.78 is 7.65. The maximum absolute atomic E-state index is 13.3. The van der Waals surface area contributed by atoms with Crippen LogP contribution in [0.3, 0.4) is 0 Å². The highest BCUT2D eigenvalue weighted by atomic mass is 32.2. The number of anilines is 1. The predicted molar refractivity (Wildman–Crippen MR) is 152 cm³/mol. The van der Waals surface area contributed by atoms with Crippen molar-refractivity contribution in [2.75, 3.05) is 38.0 Å². The lowest BCUT2D eigenvalue weighted by molar-refractivity contribution is -0.115. The predicted octanol–water partition coefficient (Wildman–Crippen LogP) is 4.12. The molecule has 9 nitrogen and oxygen atoms in total. The number of rotatable bonds is 9. The third-order valence-corrected chi connectivity index (χ3v) is 8.57. The molecule has 4 heterocycles. The smallest absolute Gasteiger partial charge is 0.240 e. The van der Waals surface area contributed by atoms with Gasteiger partial charge in [-0.2, -0.15) is 0 Å². The van der Waals surface area contributed by atoms with Gasteiger partial charge in [-0.05, 0) is 50.9 Å². The van der Waals surface area contributed by atoms with Crippen LogP contribution in [0.5, 0.6) is 0 Å². The van der Waals surface area contributed by atoms with Gasteiger partial charge in [0, 0.05) is 51.1 Å². The van der Waals surface area contributed by atoms with Crippen LogP contribution < -0.4 is 5.32 Å². The fourth-order valence-corrected chi connectivity index (χ4v) is 6.02. The van der Waals surface area contributed by atoms with E-state index in [0.717, 1.165) is 55.2 Å². The van der Waals surface area contributed by atoms with E-state index in [1.165, 1.54) is 17.3 Å². The average Bonchev–Trinajstić information content (AvgIpc) is 3.61. The quantitative estimate of drug-likeness (QED) is 0.420. The van der Waals surface area contributed by atoms with E-state index in [1.54, 1.807) is 20.0 Å². The molecule has 3 aromatic rings. The minimum atomic E-state index is -0.826. The number of hydrogen-bond acceptors (Lipinski definition) is 8. The fourth-order valence-electron chi connectivity index (χ4n) is 4.95. The van der Waals surface area contributed by atoms with Crippen molar-refractivity contribution >= 4 is 39.6 Å². The summed E-state index contributed by atoms with van der Waals surface area (Å²) in [6.07, 6.45) is 4.88. The monoisotopic (exact) mass is 538 g/mol. The second-order valence-corrected chi connectivity index (χ2v) is 12.1. The van der Waals surface area contributed by atoms with Crippen molar-refractivity contribution in [3.8, 4) is 0 Å². The molecule has 10 heteroatoms. The van der Waals surface area contributed by atoms with E-state index in [-0.39, 0.29) is 11.2 Å². The van der Waals surface area contributed by atoms with Crippen LogP contribution in [0.2, 0.25) is 0 Å². The second kappa shape index (κ2) is 11.2. The Hall–Kier alpha value is -2.66. The minimum Gasteiger partial charge on any atom is -0.441 e. The number of thioether (sulfide) groups is 1. The molecule has 0 aliphatic carbocycles. The number of aliphatic hydroxyl groups is 1. The van der Waals surface area contributed by atoms with Gasteiger partial charge in [0.25, 0.3) is 0 Å². The van der Waals surface area contributed by atoms with Gasteiger partial charge in [0.2, 0.25) is 11.9 Å². The molecule has 1 atom stereocenters. The van der Waals surface area contributed by atoms with Gasteiger partial charge >= 0.3 is 0 Å². The van der Waals surface area contributed by atoms with Crippen LogP contribution in [0.15, 0.2) is 34.9 Å². The first-order valence-electron chi connectivity index (χ1n) is 13.5. The van der Waals surface area contributed by atoms with Crippen LogP contribution in [0.25, 0.3) is 15.9 Å². The fraction of sp³-hybridized carbons (Fsp3) is 0.536. The highest BCUT2D eigenvalue weighted by molar-refractivity contribution is 8.09. The number of likely N-dealkylation sites (N-methyl/N-ethyl adjacent to an activating group) is 1. The van der Waals surface area contributed by atoms with Crippen LogP contribution in [0, 0.1) is 6.92 Å². The highest BCUT2D eigenvalue weighted by Crippen LogP contribution is 2.40. The molecule has 1 saturated heterocycles. The van der Waals surface area contributed by atoms with Gasteiger partial charge in [0.1, 0.15) is 0 Å². The Balaban J connectivity index is 1.32. The standard InChI is InChI=1S/C28H38N6O3S/c1-5-32-12-14-33(15-13-32)18-20-6-7-22-21(16-20)30-27(34(22)11-10-28(3,4)36)31-26(35)25-9-8-24(38-25)23-17-29-19(2)37-23/h6-8,16-17,25,36H,5,9-15,18H2,1-4H3,(H,30,31,35). The summed E-state index contributed by atoms with van der Waals surface area (Å²) in [7, 11) is 0. The Bertz CT molecular complexity index is 1320. The van der Waals surface area contributed by atoms with Gasteiger partial charge in [-0.1, -0.05) is 19.1 Å². The number of allylic oxidation sites excluding steroid dienone is 1. The van der Waals surface area contributed by atoms with Gasteiger partial charge in [0.05, 0.1) is 28.1 Å². The summed E-state index contributed by atoms with van der Waals surface area (Å²) in [6.45, 7) is 14.5. The Morgan fingerprint density at radius 1 is 1.24 bits per heavy atom. The van der Waals surface area contributed by atoms with Crippen molar-refractivity contribution in [3.63, 3.8) is 0 Å². The van der Waals surface area contributed by atoms with Gasteiger partial charge in [-0.25, -0.2) is 9.97 Å². The summed E-state index contributed by atoms with van der Waals surface area (Å²) in [5.41, 5.74) is 2.21. The zero-order valence-electron chi connectivity index (χ0n) is 22.7. The molecule has 1 fully saturated rings. The zero-order valence-corrected chi connectivity index (χ0v) is 23.6. The molecule has 0 bridgehead atoms. The molecule has 2 N–H and O–H groups in total. The Labute approximate surface area is 228 Å². The zero-order chi connectivity index (χ0) is 26.9. The van der Waals surface area contributed by atoms with E-state index in [2.05, 4.69) is 45.2 Å². The molecule has 2 aromatic heterocycles. The van der Waals surface area contributed by atoms with Crippen molar-refractivity contribution in [2.24, 2.45) is 0 Å². The maximum Gasteiger partial charge on any atom is 0.240 e. The molecule has 2 aliphatic rings. The van der Waals surface area contributed by atoms with Gasteiger partial charge in [-0.15, -0.1) is 11.8 Å². The number of carbonyl (C=O) groups is 1. The normalized spacial score (nSPS) is 19.3. The molecule has 1 amide bonds. The lowest BCUT2D eigenvalue weighted by Crippen LogP contribution is -2.45. The van der Waals surface area contributed by atoms with E-state index in [0.29, 0.717) is 37.0 Å². The van der Waals surface area contributed by atoms with Gasteiger partial charge in [-0.3, -0.25) is 15.0 Å². The van der Waals surface area contributed by atoms with E-state index in [1.807, 2.05) is 17.6 Å². The topological polar surface area (TPSA) is 99.7 Å². The molecule has 0 radical (unpaired) electrons. The third kappa shape index (κ3) is 6.31. The first-order valence-corrected chi connectivity index (χ1v) is 14.3. The van der Waals surface area contributed by atoms with Crippen LogP contribution in [-0.4, -0.2) is 78.9 Å². The first kappa shape index (κ1) is 26.9. The largest absolute Gasteiger partial charge is 0.441 e. The summed E-state index contributed by atoms with van der Waals surface area (Å²) in [6, 6.07) is 6.38. The lowest BCUT2D eigenvalue weighted by Gasteiger charge is -2.34. The van der Waals surface area contributed by atoms with Crippen molar-refractivity contribution in [3.05, 3.63) is 47.7 Å². The summed E-state index contributed by atoms with van der Waals surface area (Å²) in [5.74, 6) is 1.74. The van der Waals surface area contributed by atoms with E-state index < -0.39 is 5.60 Å². The number of imidazole rings is 1. The number of hydrogen-bond donors (Lipinski definition) is 2. The van der Waals surface area contributed by atoms with Crippen LogP contribution in [0.1, 0.15) is 50.8 Å². The van der Waals surface area contributed by atoms with Gasteiger partial charge < -0.3 is 19.0 Å². The number of aromatic nitrogens is 3. The number of piperazine rings is 1. The Kier molecular flexibility index (Phi) is 7.95. The molecular formula is C28H38N6O3S. The summed E-state index contributed by atoms with van der Waals surface area (Å²) in [4.78, 5) is 28.2. The number of carbonyl (C=O) groups excluding carboxylic acids is 1. The number of oxazole rings is 1. The van der Waals surface area contributed by atoms with E-state index in [9.17, 15) is 9.90 Å². The second-order valence-electron chi connectivity index (χ2n) is 10.8. The van der Waals surface area contributed by atoms with Crippen molar-refractivity contribution in [2.45, 2.75) is 64.5 Å². The highest BCUT2D eigenvalue weighted by Gasteiger charge is 2.29. The average molecular weight is 539 g/mol. The number of nitrogens with zero attached hydrogens (tertiary/aromatic N) is 5. The van der Waals surface area contributed by atoms with Gasteiger partial charge in [0.15, 0.2) is 11.7 Å².